The number of amides is 1. The predicted octanol–water partition coefficient (Wildman–Crippen LogP) is 2.71. The van der Waals surface area contributed by atoms with Gasteiger partial charge in [-0.05, 0) is 70.5 Å². The molecular weight excluding hydrogens is 392 g/mol. The number of aryl methyl sites for hydroxylation is 2. The molecule has 5 rings (SSSR count). The first-order valence-electron chi connectivity index (χ1n) is 10.4. The normalized spacial score (nSPS) is 19.9. The van der Waals surface area contributed by atoms with E-state index in [1.54, 1.807) is 12.1 Å². The van der Waals surface area contributed by atoms with Gasteiger partial charge in [0.1, 0.15) is 6.04 Å². The van der Waals surface area contributed by atoms with E-state index >= 15 is 0 Å². The van der Waals surface area contributed by atoms with E-state index in [1.807, 2.05) is 0 Å². The summed E-state index contributed by atoms with van der Waals surface area (Å²) in [6, 6.07) is 15.4. The Morgan fingerprint density at radius 1 is 1.16 bits per heavy atom. The number of benzene rings is 3. The van der Waals surface area contributed by atoms with Crippen LogP contribution in [0.4, 0.5) is 0 Å². The molecule has 0 bridgehead atoms. The SMILES string of the molecule is COc1cc(/C=N/NC(=O)C2CC(c3ccc4c5c(cccc35)CC4)NN2)ccc1O. The largest absolute Gasteiger partial charge is 0.504 e. The standard InChI is InChI=1S/C24H24N4O3/c1-31-22-11-14(5-10-21(22)29)13-25-28-24(30)20-12-19(26-27-20)17-9-8-16-7-6-15-3-2-4-18(17)23(15)16/h2-5,8-11,13,19-20,26-27,29H,6-7,12H2,1H3,(H,28,30)/b25-13+. The van der Waals surface area contributed by atoms with Crippen molar-refractivity contribution >= 4 is 22.9 Å². The van der Waals surface area contributed by atoms with Gasteiger partial charge in [-0.1, -0.05) is 30.3 Å². The third-order valence-corrected chi connectivity index (χ3v) is 6.10. The molecule has 0 radical (unpaired) electrons. The van der Waals surface area contributed by atoms with Crippen LogP contribution < -0.4 is 21.0 Å². The fourth-order valence-electron chi connectivity index (χ4n) is 4.53. The van der Waals surface area contributed by atoms with Crippen LogP contribution in [0.3, 0.4) is 0 Å². The van der Waals surface area contributed by atoms with Crippen LogP contribution in [0.1, 0.15) is 34.7 Å². The number of rotatable bonds is 5. The molecule has 1 fully saturated rings. The van der Waals surface area contributed by atoms with Crippen LogP contribution in [0.25, 0.3) is 10.8 Å². The Bertz CT molecular complexity index is 1180. The lowest BCUT2D eigenvalue weighted by Gasteiger charge is -2.14. The number of hydrogen-bond acceptors (Lipinski definition) is 6. The summed E-state index contributed by atoms with van der Waals surface area (Å²) in [5.41, 5.74) is 13.7. The van der Waals surface area contributed by atoms with Crippen molar-refractivity contribution in [2.45, 2.75) is 31.3 Å². The summed E-state index contributed by atoms with van der Waals surface area (Å²) in [6.45, 7) is 0. The first-order valence-corrected chi connectivity index (χ1v) is 10.4. The molecule has 1 aliphatic heterocycles. The molecule has 1 heterocycles. The van der Waals surface area contributed by atoms with Gasteiger partial charge < -0.3 is 9.84 Å². The van der Waals surface area contributed by atoms with E-state index in [-0.39, 0.29) is 23.7 Å². The molecule has 1 aliphatic carbocycles. The van der Waals surface area contributed by atoms with Gasteiger partial charge in [-0.25, -0.2) is 16.3 Å². The molecule has 7 nitrogen and oxygen atoms in total. The number of hydrazone groups is 1. The highest BCUT2D eigenvalue weighted by molar-refractivity contribution is 5.94. The van der Waals surface area contributed by atoms with Crippen LogP contribution in [0, 0.1) is 0 Å². The van der Waals surface area contributed by atoms with Gasteiger partial charge in [0.05, 0.1) is 13.3 Å². The topological polar surface area (TPSA) is 95.0 Å². The van der Waals surface area contributed by atoms with Crippen molar-refractivity contribution in [3.05, 3.63) is 70.8 Å². The van der Waals surface area contributed by atoms with Gasteiger partial charge >= 0.3 is 0 Å². The molecule has 7 heteroatoms. The van der Waals surface area contributed by atoms with Crippen molar-refractivity contribution in [2.24, 2.45) is 5.10 Å². The number of phenols is 1. The Morgan fingerprint density at radius 3 is 2.84 bits per heavy atom. The van der Waals surface area contributed by atoms with Gasteiger partial charge in [-0.3, -0.25) is 4.79 Å². The van der Waals surface area contributed by atoms with Crippen molar-refractivity contribution in [1.29, 1.82) is 0 Å². The summed E-state index contributed by atoms with van der Waals surface area (Å²) in [6.07, 6.45) is 4.35. The molecule has 1 amide bonds. The van der Waals surface area contributed by atoms with Gasteiger partial charge in [0.15, 0.2) is 11.5 Å². The average molecular weight is 416 g/mol. The second-order valence-electron chi connectivity index (χ2n) is 7.95. The molecule has 0 aromatic heterocycles. The maximum absolute atomic E-state index is 12.6. The Labute approximate surface area is 180 Å². The molecule has 4 N–H and O–H groups in total. The third-order valence-electron chi connectivity index (χ3n) is 6.10. The molecule has 3 aromatic carbocycles. The fraction of sp³-hybridized carbons (Fsp3) is 0.250. The van der Waals surface area contributed by atoms with Gasteiger partial charge in [-0.15, -0.1) is 0 Å². The predicted molar refractivity (Wildman–Crippen MR) is 119 cm³/mol. The molecular formula is C24H24N4O3. The van der Waals surface area contributed by atoms with Crippen LogP contribution >= 0.6 is 0 Å². The number of aromatic hydroxyl groups is 1. The Balaban J connectivity index is 1.26. The summed E-state index contributed by atoms with van der Waals surface area (Å²) in [4.78, 5) is 12.6. The average Bonchev–Trinajstić information content (AvgIpc) is 3.44. The van der Waals surface area contributed by atoms with Crippen LogP contribution in [0.15, 0.2) is 53.6 Å². The number of ether oxygens (including phenoxy) is 1. The van der Waals surface area contributed by atoms with Gasteiger partial charge in [0, 0.05) is 6.04 Å². The zero-order chi connectivity index (χ0) is 21.4. The lowest BCUT2D eigenvalue weighted by atomic mass is 9.93. The van der Waals surface area contributed by atoms with E-state index < -0.39 is 0 Å². The minimum absolute atomic E-state index is 0.0472. The molecule has 3 aromatic rings. The van der Waals surface area contributed by atoms with Crippen molar-refractivity contribution in [3.8, 4) is 11.5 Å². The highest BCUT2D eigenvalue weighted by Crippen LogP contribution is 2.36. The maximum atomic E-state index is 12.6. The minimum Gasteiger partial charge on any atom is -0.504 e. The van der Waals surface area contributed by atoms with E-state index in [0.29, 0.717) is 17.7 Å². The number of hydrazine groups is 1. The van der Waals surface area contributed by atoms with Crippen LogP contribution in [-0.2, 0) is 17.6 Å². The number of methoxy groups -OCH3 is 1. The number of phenolic OH excluding ortho intramolecular Hbond substituents is 1. The smallest absolute Gasteiger partial charge is 0.258 e. The van der Waals surface area contributed by atoms with E-state index in [4.69, 9.17) is 4.74 Å². The molecule has 2 unspecified atom stereocenters. The highest BCUT2D eigenvalue weighted by Gasteiger charge is 2.31. The monoisotopic (exact) mass is 416 g/mol. The van der Waals surface area contributed by atoms with Crippen molar-refractivity contribution in [2.75, 3.05) is 7.11 Å². The quantitative estimate of drug-likeness (QED) is 0.379. The van der Waals surface area contributed by atoms with E-state index in [9.17, 15) is 9.90 Å². The molecule has 0 saturated carbocycles. The summed E-state index contributed by atoms with van der Waals surface area (Å²) in [5.74, 6) is 0.201. The summed E-state index contributed by atoms with van der Waals surface area (Å²) in [7, 11) is 1.48. The molecule has 2 aliphatic rings. The number of hydrogen-bond donors (Lipinski definition) is 4. The maximum Gasteiger partial charge on any atom is 0.258 e. The van der Waals surface area contributed by atoms with Gasteiger partial charge in [0.25, 0.3) is 5.91 Å². The number of carbonyl (C=O) groups is 1. The molecule has 2 atom stereocenters. The van der Waals surface area contributed by atoms with E-state index in [1.165, 1.54) is 46.9 Å². The molecule has 158 valence electrons. The summed E-state index contributed by atoms with van der Waals surface area (Å²) < 4.78 is 5.08. The van der Waals surface area contributed by atoms with Crippen LogP contribution in [0.2, 0.25) is 0 Å². The zero-order valence-corrected chi connectivity index (χ0v) is 17.2. The van der Waals surface area contributed by atoms with E-state index in [0.717, 1.165) is 12.8 Å². The number of carbonyl (C=O) groups excluding carboxylic acids is 1. The highest BCUT2D eigenvalue weighted by atomic mass is 16.5. The number of nitrogens with zero attached hydrogens (tertiary/aromatic N) is 1. The van der Waals surface area contributed by atoms with Crippen molar-refractivity contribution < 1.29 is 14.6 Å². The lowest BCUT2D eigenvalue weighted by molar-refractivity contribution is -0.122. The van der Waals surface area contributed by atoms with Crippen molar-refractivity contribution in [3.63, 3.8) is 0 Å². The number of nitrogens with one attached hydrogen (secondary N) is 3. The zero-order valence-electron chi connectivity index (χ0n) is 17.2. The van der Waals surface area contributed by atoms with Gasteiger partial charge in [-0.2, -0.15) is 5.10 Å². The third kappa shape index (κ3) is 3.62. The minimum atomic E-state index is -0.389. The first kappa shape index (κ1) is 19.5. The Morgan fingerprint density at radius 2 is 2.00 bits per heavy atom. The van der Waals surface area contributed by atoms with Crippen LogP contribution in [-0.4, -0.2) is 30.4 Å². The van der Waals surface area contributed by atoms with Crippen molar-refractivity contribution in [1.82, 2.24) is 16.3 Å². The lowest BCUT2D eigenvalue weighted by Crippen LogP contribution is -2.41. The fourth-order valence-corrected chi connectivity index (χ4v) is 4.53. The Kier molecular flexibility index (Phi) is 5.05. The van der Waals surface area contributed by atoms with Gasteiger partial charge in [0.2, 0.25) is 0 Å². The molecule has 1 saturated heterocycles. The molecule has 0 spiro atoms. The summed E-state index contributed by atoms with van der Waals surface area (Å²) >= 11 is 0. The first-order chi connectivity index (χ1) is 15.1. The van der Waals surface area contributed by atoms with E-state index in [2.05, 4.69) is 51.7 Å². The Hall–Kier alpha value is -3.42. The summed E-state index contributed by atoms with van der Waals surface area (Å²) in [5, 5.41) is 16.3. The second-order valence-corrected chi connectivity index (χ2v) is 7.95. The van der Waals surface area contributed by atoms with Crippen LogP contribution in [0.5, 0.6) is 11.5 Å². The molecule has 31 heavy (non-hydrogen) atoms. The second kappa shape index (κ2) is 8.02.